The van der Waals surface area contributed by atoms with Crippen LogP contribution in [0.25, 0.3) is 10.8 Å². The van der Waals surface area contributed by atoms with E-state index < -0.39 is 6.10 Å². The fourth-order valence-corrected chi connectivity index (χ4v) is 4.62. The highest BCUT2D eigenvalue weighted by molar-refractivity contribution is 14.1. The first-order chi connectivity index (χ1) is 10.9. The molecular weight excluding hydrogens is 586 g/mol. The molecule has 3 aromatic rings. The Morgan fingerprint density at radius 2 is 1.78 bits per heavy atom. The van der Waals surface area contributed by atoms with Crippen molar-refractivity contribution in [2.75, 3.05) is 0 Å². The van der Waals surface area contributed by atoms with Crippen LogP contribution in [0.2, 0.25) is 0 Å². The fourth-order valence-electron chi connectivity index (χ4n) is 2.36. The van der Waals surface area contributed by atoms with Crippen molar-refractivity contribution >= 4 is 71.9 Å². The van der Waals surface area contributed by atoms with E-state index in [-0.39, 0.29) is 12.0 Å². The van der Waals surface area contributed by atoms with Gasteiger partial charge in [-0.2, -0.15) is 0 Å². The number of aliphatic hydroxyl groups is 1. The molecule has 0 radical (unpaired) electrons. The minimum atomic E-state index is -0.717. The third-order valence-electron chi connectivity index (χ3n) is 3.49. The van der Waals surface area contributed by atoms with E-state index in [4.69, 9.17) is 4.42 Å². The molecule has 0 aliphatic heterocycles. The van der Waals surface area contributed by atoms with Crippen LogP contribution in [0.3, 0.4) is 0 Å². The van der Waals surface area contributed by atoms with Crippen molar-refractivity contribution in [3.05, 3.63) is 75.8 Å². The standard InChI is InChI=1S/C17H11BrI2O3/c18-10-3-1-9(2-4-10)16(21)8-12-7-13-14(17(22)23-12)5-11(19)6-15(13)20/h1-7,16,21H,8H2. The van der Waals surface area contributed by atoms with Gasteiger partial charge in [0.25, 0.3) is 0 Å². The van der Waals surface area contributed by atoms with E-state index in [9.17, 15) is 9.90 Å². The van der Waals surface area contributed by atoms with E-state index in [0.717, 1.165) is 22.6 Å². The molecule has 2 aromatic carbocycles. The van der Waals surface area contributed by atoms with Crippen molar-refractivity contribution in [3.63, 3.8) is 0 Å². The first-order valence-corrected chi connectivity index (χ1v) is 9.74. The average Bonchev–Trinajstić information content (AvgIpc) is 2.49. The third-order valence-corrected chi connectivity index (χ3v) is 5.54. The van der Waals surface area contributed by atoms with E-state index in [0.29, 0.717) is 11.1 Å². The number of hydrogen-bond donors (Lipinski definition) is 1. The number of benzene rings is 2. The number of rotatable bonds is 3. The van der Waals surface area contributed by atoms with E-state index in [1.165, 1.54) is 0 Å². The minimum absolute atomic E-state index is 0.259. The van der Waals surface area contributed by atoms with Crippen molar-refractivity contribution in [1.82, 2.24) is 0 Å². The lowest BCUT2D eigenvalue weighted by Gasteiger charge is -2.11. The molecule has 1 aromatic heterocycles. The summed E-state index contributed by atoms with van der Waals surface area (Å²) in [5.74, 6) is 0.483. The number of hydrogen-bond acceptors (Lipinski definition) is 3. The second-order valence-corrected chi connectivity index (χ2v) is 8.44. The molecule has 3 nitrogen and oxygen atoms in total. The minimum Gasteiger partial charge on any atom is -0.427 e. The first kappa shape index (κ1) is 17.4. The number of halogens is 3. The van der Waals surface area contributed by atoms with Gasteiger partial charge in [-0.15, -0.1) is 0 Å². The molecule has 1 atom stereocenters. The predicted octanol–water partition coefficient (Wildman–Crippen LogP) is 5.04. The molecule has 0 aliphatic carbocycles. The Balaban J connectivity index is 1.97. The summed E-state index contributed by atoms with van der Waals surface area (Å²) in [6, 6.07) is 13.1. The van der Waals surface area contributed by atoms with Gasteiger partial charge in [0, 0.05) is 23.4 Å². The maximum absolute atomic E-state index is 12.2. The highest BCUT2D eigenvalue weighted by atomic mass is 127. The van der Waals surface area contributed by atoms with Gasteiger partial charge < -0.3 is 9.52 Å². The molecule has 0 amide bonds. The Morgan fingerprint density at radius 1 is 1.09 bits per heavy atom. The third kappa shape index (κ3) is 3.97. The van der Waals surface area contributed by atoms with Gasteiger partial charge >= 0.3 is 5.63 Å². The predicted molar refractivity (Wildman–Crippen MR) is 111 cm³/mol. The van der Waals surface area contributed by atoms with E-state index in [1.54, 1.807) is 0 Å². The second-order valence-electron chi connectivity index (χ2n) is 5.12. The van der Waals surface area contributed by atoms with E-state index in [1.807, 2.05) is 42.5 Å². The molecule has 0 fully saturated rings. The Kier molecular flexibility index (Phi) is 5.44. The van der Waals surface area contributed by atoms with Crippen molar-refractivity contribution < 1.29 is 9.52 Å². The smallest absolute Gasteiger partial charge is 0.343 e. The van der Waals surface area contributed by atoms with Crippen molar-refractivity contribution in [2.24, 2.45) is 0 Å². The maximum Gasteiger partial charge on any atom is 0.343 e. The van der Waals surface area contributed by atoms with Crippen molar-refractivity contribution in [2.45, 2.75) is 12.5 Å². The lowest BCUT2D eigenvalue weighted by Crippen LogP contribution is -2.07. The summed E-state index contributed by atoms with van der Waals surface area (Å²) in [4.78, 5) is 12.2. The lowest BCUT2D eigenvalue weighted by atomic mass is 10.0. The zero-order valence-electron chi connectivity index (χ0n) is 11.7. The summed E-state index contributed by atoms with van der Waals surface area (Å²) < 4.78 is 8.33. The van der Waals surface area contributed by atoms with Crippen LogP contribution in [-0.2, 0) is 6.42 Å². The Labute approximate surface area is 168 Å². The molecule has 0 saturated heterocycles. The van der Waals surface area contributed by atoms with Crippen LogP contribution in [0.1, 0.15) is 17.4 Å². The fraction of sp³-hybridized carbons (Fsp3) is 0.118. The van der Waals surface area contributed by atoms with Gasteiger partial charge in [0.15, 0.2) is 0 Å². The van der Waals surface area contributed by atoms with Crippen LogP contribution >= 0.6 is 61.1 Å². The molecular formula is C17H11BrI2O3. The van der Waals surface area contributed by atoms with E-state index >= 15 is 0 Å². The van der Waals surface area contributed by atoms with Crippen LogP contribution in [0.4, 0.5) is 0 Å². The first-order valence-electron chi connectivity index (χ1n) is 6.79. The van der Waals surface area contributed by atoms with Gasteiger partial charge in [-0.1, -0.05) is 28.1 Å². The monoisotopic (exact) mass is 596 g/mol. The van der Waals surface area contributed by atoms with Crippen LogP contribution in [-0.4, -0.2) is 5.11 Å². The molecule has 1 heterocycles. The summed E-state index contributed by atoms with van der Waals surface area (Å²) in [5.41, 5.74) is 0.421. The molecule has 118 valence electrons. The van der Waals surface area contributed by atoms with Gasteiger partial charge in [-0.3, -0.25) is 0 Å². The number of aliphatic hydroxyl groups excluding tert-OH is 1. The van der Waals surface area contributed by atoms with Crippen LogP contribution in [0, 0.1) is 7.14 Å². The van der Waals surface area contributed by atoms with Crippen molar-refractivity contribution in [1.29, 1.82) is 0 Å². The molecule has 0 saturated carbocycles. The molecule has 0 spiro atoms. The van der Waals surface area contributed by atoms with Gasteiger partial charge in [0.05, 0.1) is 11.5 Å². The maximum atomic E-state index is 12.2. The Morgan fingerprint density at radius 3 is 2.48 bits per heavy atom. The van der Waals surface area contributed by atoms with Gasteiger partial charge in [0.2, 0.25) is 0 Å². The lowest BCUT2D eigenvalue weighted by molar-refractivity contribution is 0.169. The summed E-state index contributed by atoms with van der Waals surface area (Å²) in [6.07, 6.45) is -0.459. The van der Waals surface area contributed by atoms with Crippen LogP contribution < -0.4 is 5.63 Å². The summed E-state index contributed by atoms with van der Waals surface area (Å²) in [5, 5.41) is 11.8. The molecule has 0 aliphatic rings. The zero-order chi connectivity index (χ0) is 16.6. The normalized spacial score (nSPS) is 12.5. The van der Waals surface area contributed by atoms with Crippen LogP contribution in [0.15, 0.2) is 56.1 Å². The van der Waals surface area contributed by atoms with E-state index in [2.05, 4.69) is 61.1 Å². The Hall–Kier alpha value is -0.450. The van der Waals surface area contributed by atoms with Crippen LogP contribution in [0.5, 0.6) is 0 Å². The molecule has 23 heavy (non-hydrogen) atoms. The molecule has 6 heteroatoms. The highest BCUT2D eigenvalue weighted by Crippen LogP contribution is 2.25. The summed E-state index contributed by atoms with van der Waals surface area (Å²) in [6.45, 7) is 0. The zero-order valence-corrected chi connectivity index (χ0v) is 17.6. The largest absolute Gasteiger partial charge is 0.427 e. The summed E-state index contributed by atoms with van der Waals surface area (Å²) >= 11 is 7.76. The van der Waals surface area contributed by atoms with Gasteiger partial charge in [0.1, 0.15) is 5.76 Å². The molecule has 1 unspecified atom stereocenters. The SMILES string of the molecule is O=c1oc(CC(O)c2ccc(Br)cc2)cc2c(I)cc(I)cc12. The topological polar surface area (TPSA) is 50.4 Å². The second kappa shape index (κ2) is 7.20. The highest BCUT2D eigenvalue weighted by Gasteiger charge is 2.14. The average molecular weight is 597 g/mol. The molecule has 0 bridgehead atoms. The quantitative estimate of drug-likeness (QED) is 0.431. The van der Waals surface area contributed by atoms with Gasteiger partial charge in [-0.25, -0.2) is 4.79 Å². The summed E-state index contributed by atoms with van der Waals surface area (Å²) in [7, 11) is 0. The van der Waals surface area contributed by atoms with Gasteiger partial charge in [-0.05, 0) is 81.1 Å². The molecule has 1 N–H and O–H groups in total. The number of fused-ring (bicyclic) bond motifs is 1. The Bertz CT molecular complexity index is 920. The van der Waals surface area contributed by atoms with Crippen molar-refractivity contribution in [3.8, 4) is 0 Å². The molecule has 3 rings (SSSR count).